The van der Waals surface area contributed by atoms with Gasteiger partial charge in [0.05, 0.1) is 11.4 Å². The topological polar surface area (TPSA) is 81.8 Å². The van der Waals surface area contributed by atoms with Crippen molar-refractivity contribution in [1.82, 2.24) is 15.0 Å². The summed E-state index contributed by atoms with van der Waals surface area (Å²) in [5.74, 6) is -1.42. The lowest BCUT2D eigenvalue weighted by Gasteiger charge is -2.16. The van der Waals surface area contributed by atoms with Crippen LogP contribution in [0, 0.1) is 12.7 Å². The second kappa shape index (κ2) is 6.94. The van der Waals surface area contributed by atoms with E-state index in [1.807, 2.05) is 39.0 Å². The minimum atomic E-state index is -1.04. The zero-order valence-electron chi connectivity index (χ0n) is 17.5. The van der Waals surface area contributed by atoms with Gasteiger partial charge in [-0.2, -0.15) is 0 Å². The SMILES string of the molecule is Cc1cnc2c(c1-c1c(C(=O)O)[nH]c(-c3cc(F)cc4[nH]ccc34)c1C(C)C)C=CC2. The van der Waals surface area contributed by atoms with Crippen molar-refractivity contribution in [2.75, 3.05) is 0 Å². The molecule has 3 heterocycles. The molecule has 0 amide bonds. The van der Waals surface area contributed by atoms with Gasteiger partial charge in [0.15, 0.2) is 0 Å². The number of nitrogens with one attached hydrogen (secondary N) is 2. The van der Waals surface area contributed by atoms with Crippen LogP contribution in [-0.2, 0) is 6.42 Å². The molecule has 0 atom stereocenters. The van der Waals surface area contributed by atoms with Crippen LogP contribution in [0.5, 0.6) is 0 Å². The van der Waals surface area contributed by atoms with Crippen molar-refractivity contribution in [3.05, 3.63) is 70.6 Å². The van der Waals surface area contributed by atoms with E-state index < -0.39 is 5.97 Å². The van der Waals surface area contributed by atoms with Crippen LogP contribution in [0.2, 0.25) is 0 Å². The maximum absolute atomic E-state index is 14.5. The van der Waals surface area contributed by atoms with Gasteiger partial charge in [0.1, 0.15) is 11.5 Å². The predicted octanol–water partition coefficient (Wildman–Crippen LogP) is 6.06. The van der Waals surface area contributed by atoms with Crippen molar-refractivity contribution in [2.24, 2.45) is 0 Å². The van der Waals surface area contributed by atoms with Gasteiger partial charge in [0.2, 0.25) is 0 Å². The Morgan fingerprint density at radius 3 is 2.81 bits per heavy atom. The van der Waals surface area contributed by atoms with Gasteiger partial charge in [-0.1, -0.05) is 26.0 Å². The lowest BCUT2D eigenvalue weighted by molar-refractivity contribution is 0.0692. The highest BCUT2D eigenvalue weighted by Crippen LogP contribution is 2.45. The first-order valence-electron chi connectivity index (χ1n) is 10.3. The fourth-order valence-electron chi connectivity index (χ4n) is 4.69. The molecule has 0 bridgehead atoms. The smallest absolute Gasteiger partial charge is 0.352 e. The Kier molecular flexibility index (Phi) is 4.32. The van der Waals surface area contributed by atoms with Crippen LogP contribution in [0.15, 0.2) is 36.7 Å². The van der Waals surface area contributed by atoms with E-state index in [4.69, 9.17) is 0 Å². The van der Waals surface area contributed by atoms with Crippen LogP contribution < -0.4 is 0 Å². The van der Waals surface area contributed by atoms with Crippen LogP contribution in [0.3, 0.4) is 0 Å². The first-order valence-corrected chi connectivity index (χ1v) is 10.3. The minimum Gasteiger partial charge on any atom is -0.477 e. The van der Waals surface area contributed by atoms with Crippen LogP contribution in [0.1, 0.15) is 52.6 Å². The van der Waals surface area contributed by atoms with Crippen molar-refractivity contribution >= 4 is 22.9 Å². The fraction of sp³-hybridized carbons (Fsp3) is 0.200. The minimum absolute atomic E-state index is 0.000192. The number of carboxylic acid groups (broad SMARTS) is 1. The highest BCUT2D eigenvalue weighted by Gasteiger charge is 2.30. The number of carbonyl (C=O) groups is 1. The number of aryl methyl sites for hydroxylation is 1. The summed E-state index contributed by atoms with van der Waals surface area (Å²) in [5, 5.41) is 11.0. The number of halogens is 1. The van der Waals surface area contributed by atoms with E-state index in [-0.39, 0.29) is 17.4 Å². The molecule has 1 aliphatic carbocycles. The normalized spacial score (nSPS) is 12.8. The molecule has 31 heavy (non-hydrogen) atoms. The first kappa shape index (κ1) is 19.3. The molecule has 5 nitrogen and oxygen atoms in total. The highest BCUT2D eigenvalue weighted by molar-refractivity contribution is 6.03. The van der Waals surface area contributed by atoms with Gasteiger partial charge < -0.3 is 15.1 Å². The summed E-state index contributed by atoms with van der Waals surface area (Å²) in [5.41, 5.74) is 7.27. The molecule has 0 fully saturated rings. The Bertz CT molecular complexity index is 1390. The molecule has 0 radical (unpaired) electrons. The molecule has 5 rings (SSSR count). The quantitative estimate of drug-likeness (QED) is 0.379. The number of nitrogens with zero attached hydrogens (tertiary/aromatic N) is 1. The largest absolute Gasteiger partial charge is 0.477 e. The van der Waals surface area contributed by atoms with Gasteiger partial charge in [-0.15, -0.1) is 0 Å². The predicted molar refractivity (Wildman–Crippen MR) is 120 cm³/mol. The van der Waals surface area contributed by atoms with Gasteiger partial charge in [0.25, 0.3) is 0 Å². The Balaban J connectivity index is 1.91. The van der Waals surface area contributed by atoms with E-state index in [2.05, 4.69) is 15.0 Å². The number of aromatic nitrogens is 3. The first-order chi connectivity index (χ1) is 14.9. The maximum Gasteiger partial charge on any atom is 0.352 e. The number of aromatic amines is 2. The molecule has 0 saturated carbocycles. The summed E-state index contributed by atoms with van der Waals surface area (Å²) in [7, 11) is 0. The van der Waals surface area contributed by atoms with Crippen LogP contribution >= 0.6 is 0 Å². The van der Waals surface area contributed by atoms with Crippen LogP contribution in [0.25, 0.3) is 39.4 Å². The highest BCUT2D eigenvalue weighted by atomic mass is 19.1. The third-order valence-corrected chi connectivity index (χ3v) is 5.97. The molecule has 3 aromatic heterocycles. The summed E-state index contributed by atoms with van der Waals surface area (Å²) in [6.45, 7) is 6.01. The number of pyridine rings is 1. The third-order valence-electron chi connectivity index (χ3n) is 5.97. The molecular formula is C25H22FN3O2. The summed E-state index contributed by atoms with van der Waals surface area (Å²) < 4.78 is 14.5. The second-order valence-corrected chi connectivity index (χ2v) is 8.30. The molecule has 3 N–H and O–H groups in total. The maximum atomic E-state index is 14.5. The monoisotopic (exact) mass is 415 g/mol. The van der Waals surface area contributed by atoms with Crippen molar-refractivity contribution in [3.63, 3.8) is 0 Å². The summed E-state index contributed by atoms with van der Waals surface area (Å²) in [4.78, 5) is 23.1. The average molecular weight is 415 g/mol. The van der Waals surface area contributed by atoms with Crippen molar-refractivity contribution in [1.29, 1.82) is 0 Å². The molecule has 0 spiro atoms. The summed E-state index contributed by atoms with van der Waals surface area (Å²) >= 11 is 0. The molecule has 1 aromatic carbocycles. The molecule has 6 heteroatoms. The molecular weight excluding hydrogens is 393 g/mol. The molecule has 156 valence electrons. The van der Waals surface area contributed by atoms with Crippen LogP contribution in [0.4, 0.5) is 4.39 Å². The van der Waals surface area contributed by atoms with Crippen molar-refractivity contribution in [2.45, 2.75) is 33.1 Å². The summed E-state index contributed by atoms with van der Waals surface area (Å²) in [6.07, 6.45) is 8.35. The molecule has 0 saturated heterocycles. The van der Waals surface area contributed by atoms with Gasteiger partial charge in [-0.05, 0) is 47.7 Å². The van der Waals surface area contributed by atoms with Crippen LogP contribution in [-0.4, -0.2) is 26.0 Å². The van der Waals surface area contributed by atoms with Gasteiger partial charge in [-0.3, -0.25) is 4.98 Å². The Morgan fingerprint density at radius 2 is 2.06 bits per heavy atom. The molecule has 0 unspecified atom stereocenters. The number of hydrogen-bond acceptors (Lipinski definition) is 2. The Morgan fingerprint density at radius 1 is 1.26 bits per heavy atom. The summed E-state index contributed by atoms with van der Waals surface area (Å²) in [6, 6.07) is 4.79. The van der Waals surface area contributed by atoms with E-state index >= 15 is 0 Å². The fourth-order valence-corrected chi connectivity index (χ4v) is 4.69. The number of fused-ring (bicyclic) bond motifs is 2. The zero-order valence-corrected chi connectivity index (χ0v) is 17.5. The second-order valence-electron chi connectivity index (χ2n) is 8.30. The number of aromatic carboxylic acids is 1. The lowest BCUT2D eigenvalue weighted by Crippen LogP contribution is -2.03. The average Bonchev–Trinajstić information content (AvgIpc) is 3.44. The number of carboxylic acids is 1. The Labute approximate surface area is 178 Å². The van der Waals surface area contributed by atoms with Crippen molar-refractivity contribution < 1.29 is 14.3 Å². The van der Waals surface area contributed by atoms with E-state index in [1.165, 1.54) is 12.1 Å². The lowest BCUT2D eigenvalue weighted by atomic mass is 9.87. The van der Waals surface area contributed by atoms with E-state index in [1.54, 1.807) is 12.4 Å². The molecule has 0 aliphatic heterocycles. The molecule has 1 aliphatic rings. The standard InChI is InChI=1S/C25H22FN3O2/c1-12(2)20-22(21-13(3)11-28-18-6-4-5-16(18)21)24(25(30)31)29-23(20)17-9-14(26)10-19-15(17)7-8-27-19/h4-5,7-12,27,29H,6H2,1-3H3,(H,30,31). The third kappa shape index (κ3) is 2.90. The van der Waals surface area contributed by atoms with E-state index in [0.29, 0.717) is 22.3 Å². The molecule has 4 aromatic rings. The van der Waals surface area contributed by atoms with Gasteiger partial charge in [0, 0.05) is 46.4 Å². The number of benzene rings is 1. The zero-order chi connectivity index (χ0) is 21.9. The number of rotatable bonds is 4. The van der Waals surface area contributed by atoms with Crippen molar-refractivity contribution in [3.8, 4) is 22.4 Å². The Hall–Kier alpha value is -3.67. The van der Waals surface area contributed by atoms with Gasteiger partial charge in [-0.25, -0.2) is 9.18 Å². The van der Waals surface area contributed by atoms with E-state index in [9.17, 15) is 14.3 Å². The number of allylic oxidation sites excluding steroid dienone is 1. The van der Waals surface area contributed by atoms with E-state index in [0.717, 1.165) is 39.8 Å². The van der Waals surface area contributed by atoms with Gasteiger partial charge >= 0.3 is 5.97 Å². The number of hydrogen-bond donors (Lipinski definition) is 3. The number of H-pyrrole nitrogens is 2.